The fourth-order valence-electron chi connectivity index (χ4n) is 3.96. The molecule has 2 heterocycles. The van der Waals surface area contributed by atoms with Crippen LogP contribution in [0.4, 0.5) is 20.3 Å². The molecule has 8 nitrogen and oxygen atoms in total. The van der Waals surface area contributed by atoms with Gasteiger partial charge < -0.3 is 16.0 Å². The fourth-order valence-corrected chi connectivity index (χ4v) is 3.96. The Morgan fingerprint density at radius 2 is 1.71 bits per heavy atom. The molecule has 182 valence electrons. The second-order valence-corrected chi connectivity index (χ2v) is 8.68. The van der Waals surface area contributed by atoms with Crippen molar-refractivity contribution in [1.29, 1.82) is 0 Å². The first-order chi connectivity index (χ1) is 16.1. The molecule has 3 N–H and O–H groups in total. The lowest BCUT2D eigenvalue weighted by molar-refractivity contribution is -0.130. The highest BCUT2D eigenvalue weighted by atomic mass is 19.1. The van der Waals surface area contributed by atoms with Crippen molar-refractivity contribution in [3.63, 3.8) is 0 Å². The van der Waals surface area contributed by atoms with E-state index in [1.165, 1.54) is 17.2 Å². The molecule has 0 radical (unpaired) electrons. The molecule has 0 spiro atoms. The Balaban J connectivity index is 1.99. The van der Waals surface area contributed by atoms with Gasteiger partial charge >= 0.3 is 0 Å². The minimum absolute atomic E-state index is 0.274. The topological polar surface area (TPSA) is 103 Å². The largest absolute Gasteiger partial charge is 0.343 e. The van der Waals surface area contributed by atoms with Gasteiger partial charge in [-0.1, -0.05) is 32.9 Å². The van der Waals surface area contributed by atoms with Crippen molar-refractivity contribution >= 4 is 29.2 Å². The summed E-state index contributed by atoms with van der Waals surface area (Å²) >= 11 is 0. The molecule has 1 aromatic carbocycles. The second-order valence-electron chi connectivity index (χ2n) is 8.68. The number of rotatable bonds is 7. The number of hydrogen-bond donors (Lipinski definition) is 3. The molecule has 1 aliphatic rings. The molecule has 2 aromatic rings. The number of halogens is 2. The number of pyridine rings is 1. The Hall–Kier alpha value is -3.40. The van der Waals surface area contributed by atoms with Gasteiger partial charge in [-0.2, -0.15) is 0 Å². The van der Waals surface area contributed by atoms with Crippen LogP contribution in [0.3, 0.4) is 0 Å². The van der Waals surface area contributed by atoms with Crippen LogP contribution in [0.15, 0.2) is 36.5 Å². The molecule has 10 heteroatoms. The maximum atomic E-state index is 14.2. The summed E-state index contributed by atoms with van der Waals surface area (Å²) in [4.78, 5) is 45.1. The normalized spacial score (nSPS) is 18.9. The maximum Gasteiger partial charge on any atom is 0.251 e. The van der Waals surface area contributed by atoms with E-state index in [0.717, 1.165) is 12.1 Å². The molecular weight excluding hydrogens is 444 g/mol. The smallest absolute Gasteiger partial charge is 0.251 e. The first-order valence-electron chi connectivity index (χ1n) is 11.1. The third kappa shape index (κ3) is 4.77. The van der Waals surface area contributed by atoms with E-state index < -0.39 is 53.2 Å². The average molecular weight is 474 g/mol. The van der Waals surface area contributed by atoms with Gasteiger partial charge in [0.2, 0.25) is 11.8 Å². The third-order valence-corrected chi connectivity index (χ3v) is 6.06. The molecule has 3 amide bonds. The number of benzene rings is 1. The van der Waals surface area contributed by atoms with Crippen LogP contribution in [0.5, 0.6) is 0 Å². The van der Waals surface area contributed by atoms with E-state index in [1.807, 2.05) is 0 Å². The van der Waals surface area contributed by atoms with Gasteiger partial charge in [-0.25, -0.2) is 13.8 Å². The van der Waals surface area contributed by atoms with Gasteiger partial charge in [-0.15, -0.1) is 0 Å². The van der Waals surface area contributed by atoms with Crippen molar-refractivity contribution in [2.75, 3.05) is 17.3 Å². The first-order valence-corrected chi connectivity index (χ1v) is 11.1. The van der Waals surface area contributed by atoms with Gasteiger partial charge in [0.05, 0.1) is 6.04 Å². The summed E-state index contributed by atoms with van der Waals surface area (Å²) in [5.41, 5.74) is 0.0509. The summed E-state index contributed by atoms with van der Waals surface area (Å²) in [6, 6.07) is 4.06. The number of carbonyl (C=O) groups excluding carboxylic acids is 3. The van der Waals surface area contributed by atoms with E-state index in [2.05, 4.69) is 20.9 Å². The zero-order valence-electron chi connectivity index (χ0n) is 19.7. The highest BCUT2D eigenvalue weighted by Gasteiger charge is 2.47. The quantitative estimate of drug-likeness (QED) is 0.574. The first kappa shape index (κ1) is 25.2. The Labute approximate surface area is 197 Å². The zero-order valence-corrected chi connectivity index (χ0v) is 19.7. The molecule has 1 aliphatic heterocycles. The van der Waals surface area contributed by atoms with Gasteiger partial charge in [0.15, 0.2) is 0 Å². The van der Waals surface area contributed by atoms with Crippen molar-refractivity contribution in [3.8, 4) is 0 Å². The van der Waals surface area contributed by atoms with Crippen molar-refractivity contribution in [3.05, 3.63) is 53.7 Å². The number of nitrogens with one attached hydrogen (secondary N) is 3. The maximum absolute atomic E-state index is 14.2. The van der Waals surface area contributed by atoms with Crippen LogP contribution in [0.25, 0.3) is 0 Å². The summed E-state index contributed by atoms with van der Waals surface area (Å²) in [5.74, 6) is -4.08. The van der Waals surface area contributed by atoms with Crippen LogP contribution in [-0.4, -0.2) is 47.9 Å². The van der Waals surface area contributed by atoms with Gasteiger partial charge in [0.1, 0.15) is 35.2 Å². The number of hydrogen-bond acceptors (Lipinski definition) is 5. The van der Waals surface area contributed by atoms with Gasteiger partial charge in [0, 0.05) is 17.7 Å². The molecule has 34 heavy (non-hydrogen) atoms. The monoisotopic (exact) mass is 473 g/mol. The highest BCUT2D eigenvalue weighted by Crippen LogP contribution is 2.40. The molecule has 0 aliphatic carbocycles. The minimum atomic E-state index is -1.13. The van der Waals surface area contributed by atoms with E-state index in [1.54, 1.807) is 46.9 Å². The SMILES string of the molecule is CN[C@@H](C)C(=O)N[C@H](C(=O)N1c2ncccc2C(C)C1C(=O)Nc1c(F)cccc1F)C(C)C. The number of amides is 3. The van der Waals surface area contributed by atoms with E-state index in [4.69, 9.17) is 0 Å². The van der Waals surface area contributed by atoms with Crippen LogP contribution in [0, 0.1) is 17.6 Å². The zero-order chi connectivity index (χ0) is 25.2. The summed E-state index contributed by atoms with van der Waals surface area (Å²) in [6.07, 6.45) is 1.49. The number of fused-ring (bicyclic) bond motifs is 1. The molecule has 2 unspecified atom stereocenters. The highest BCUT2D eigenvalue weighted by molar-refractivity contribution is 6.09. The van der Waals surface area contributed by atoms with Crippen molar-refractivity contribution in [1.82, 2.24) is 15.6 Å². The minimum Gasteiger partial charge on any atom is -0.343 e. The van der Waals surface area contributed by atoms with E-state index in [0.29, 0.717) is 5.56 Å². The van der Waals surface area contributed by atoms with Gasteiger partial charge in [-0.05, 0) is 38.1 Å². The summed E-state index contributed by atoms with van der Waals surface area (Å²) in [7, 11) is 1.63. The number of aromatic nitrogens is 1. The van der Waals surface area contributed by atoms with Gasteiger partial charge in [0.25, 0.3) is 5.91 Å². The molecular formula is C24H29F2N5O3. The Kier molecular flexibility index (Phi) is 7.61. The van der Waals surface area contributed by atoms with Crippen LogP contribution in [0.2, 0.25) is 0 Å². The number of likely N-dealkylation sites (N-methyl/N-ethyl adjacent to an activating group) is 1. The fraction of sp³-hybridized carbons (Fsp3) is 0.417. The second kappa shape index (κ2) is 10.3. The summed E-state index contributed by atoms with van der Waals surface area (Å²) in [5, 5.41) is 7.86. The Morgan fingerprint density at radius 3 is 2.29 bits per heavy atom. The Bertz CT molecular complexity index is 1070. The molecule has 0 saturated carbocycles. The van der Waals surface area contributed by atoms with E-state index in [9.17, 15) is 23.2 Å². The predicted molar refractivity (Wildman–Crippen MR) is 124 cm³/mol. The van der Waals surface area contributed by atoms with Crippen LogP contribution < -0.4 is 20.9 Å². The molecule has 4 atom stereocenters. The van der Waals surface area contributed by atoms with Crippen molar-refractivity contribution in [2.45, 2.75) is 51.7 Å². The molecule has 0 fully saturated rings. The summed E-state index contributed by atoms with van der Waals surface area (Å²) in [6.45, 7) is 6.94. The van der Waals surface area contributed by atoms with E-state index in [-0.39, 0.29) is 17.6 Å². The standard InChI is InChI=1S/C24H29F2N5O3/c1-12(2)18(29-22(32)14(4)27-5)24(34)31-20(13(3)15-8-7-11-28-21(15)31)23(33)30-19-16(25)9-6-10-17(19)26/h6-14,18,20,27H,1-5H3,(H,29,32)(H,30,33)/t13?,14-,18-,20?/m0/s1. The molecule has 0 bridgehead atoms. The predicted octanol–water partition coefficient (Wildman–Crippen LogP) is 2.57. The lowest BCUT2D eigenvalue weighted by Crippen LogP contribution is -2.58. The van der Waals surface area contributed by atoms with Crippen LogP contribution >= 0.6 is 0 Å². The number of carbonyl (C=O) groups is 3. The molecule has 1 aromatic heterocycles. The van der Waals surface area contributed by atoms with E-state index >= 15 is 0 Å². The summed E-state index contributed by atoms with van der Waals surface area (Å²) < 4.78 is 28.4. The van der Waals surface area contributed by atoms with Crippen LogP contribution in [-0.2, 0) is 14.4 Å². The average Bonchev–Trinajstić information content (AvgIpc) is 3.11. The number of para-hydroxylation sites is 1. The lowest BCUT2D eigenvalue weighted by Gasteiger charge is -2.32. The molecule has 0 saturated heterocycles. The number of nitrogens with zero attached hydrogens (tertiary/aromatic N) is 2. The third-order valence-electron chi connectivity index (χ3n) is 6.06. The van der Waals surface area contributed by atoms with Gasteiger partial charge in [-0.3, -0.25) is 19.3 Å². The molecule has 3 rings (SSSR count). The van der Waals surface area contributed by atoms with Crippen molar-refractivity contribution < 1.29 is 23.2 Å². The lowest BCUT2D eigenvalue weighted by atomic mass is 9.96. The van der Waals surface area contributed by atoms with Crippen molar-refractivity contribution in [2.24, 2.45) is 5.92 Å². The van der Waals surface area contributed by atoms with Crippen LogP contribution in [0.1, 0.15) is 39.2 Å². The Morgan fingerprint density at radius 1 is 1.06 bits per heavy atom. The number of anilines is 2.